The predicted octanol–water partition coefficient (Wildman–Crippen LogP) is 4.08. The van der Waals surface area contributed by atoms with E-state index in [0.29, 0.717) is 22.7 Å². The first-order valence-electron chi connectivity index (χ1n) is 8.93. The summed E-state index contributed by atoms with van der Waals surface area (Å²) in [6, 6.07) is 20.1. The maximum absolute atomic E-state index is 12.8. The van der Waals surface area contributed by atoms with Crippen molar-refractivity contribution in [3.05, 3.63) is 83.9 Å². The van der Waals surface area contributed by atoms with Crippen LogP contribution in [0.4, 0.5) is 11.4 Å². The number of nitrogens with zero attached hydrogens (tertiary/aromatic N) is 1. The first-order valence-corrected chi connectivity index (χ1v) is 10.4. The van der Waals surface area contributed by atoms with E-state index >= 15 is 0 Å². The van der Waals surface area contributed by atoms with Gasteiger partial charge in [-0.2, -0.15) is 0 Å². The van der Waals surface area contributed by atoms with Crippen LogP contribution in [0.25, 0.3) is 0 Å². The maximum Gasteiger partial charge on any atom is 0.264 e. The van der Waals surface area contributed by atoms with Crippen molar-refractivity contribution in [2.45, 2.75) is 11.8 Å². The first kappa shape index (κ1) is 20.4. The normalized spacial score (nSPS) is 11.0. The Labute approximate surface area is 170 Å². The molecule has 0 aliphatic heterocycles. The summed E-state index contributed by atoms with van der Waals surface area (Å²) in [6.45, 7) is 1.92. The van der Waals surface area contributed by atoms with E-state index in [2.05, 4.69) is 5.32 Å². The first-order chi connectivity index (χ1) is 13.8. The predicted molar refractivity (Wildman–Crippen MR) is 114 cm³/mol. The highest BCUT2D eigenvalue weighted by Crippen LogP contribution is 2.27. The molecule has 0 aliphatic rings. The van der Waals surface area contributed by atoms with Crippen molar-refractivity contribution in [1.82, 2.24) is 0 Å². The van der Waals surface area contributed by atoms with Crippen molar-refractivity contribution < 1.29 is 17.9 Å². The van der Waals surface area contributed by atoms with Crippen LogP contribution in [0, 0.1) is 6.92 Å². The van der Waals surface area contributed by atoms with Gasteiger partial charge in [0.05, 0.1) is 23.4 Å². The summed E-state index contributed by atoms with van der Waals surface area (Å²) < 4.78 is 32.1. The number of nitrogens with one attached hydrogen (secondary N) is 1. The molecular formula is C22H22N2O4S. The van der Waals surface area contributed by atoms with E-state index in [1.807, 2.05) is 19.1 Å². The molecule has 0 spiro atoms. The Morgan fingerprint density at radius 2 is 1.69 bits per heavy atom. The number of aryl methyl sites for hydroxylation is 1. The van der Waals surface area contributed by atoms with Crippen LogP contribution in [0.3, 0.4) is 0 Å². The molecule has 3 rings (SSSR count). The number of hydrogen-bond acceptors (Lipinski definition) is 4. The SMILES string of the molecule is COc1ccc(C)cc1NC(=O)c1cccc(N(C)S(=O)(=O)c2ccccc2)c1. The second kappa shape index (κ2) is 8.36. The van der Waals surface area contributed by atoms with Crippen molar-refractivity contribution in [2.75, 3.05) is 23.8 Å². The van der Waals surface area contributed by atoms with Gasteiger partial charge < -0.3 is 10.1 Å². The highest BCUT2D eigenvalue weighted by molar-refractivity contribution is 7.92. The summed E-state index contributed by atoms with van der Waals surface area (Å²) >= 11 is 0. The molecule has 0 saturated carbocycles. The van der Waals surface area contributed by atoms with Gasteiger partial charge in [0.25, 0.3) is 15.9 Å². The molecule has 3 aromatic rings. The number of rotatable bonds is 6. The molecule has 1 amide bonds. The summed E-state index contributed by atoms with van der Waals surface area (Å²) in [5.41, 5.74) is 2.25. The third kappa shape index (κ3) is 4.41. The lowest BCUT2D eigenvalue weighted by Crippen LogP contribution is -2.26. The molecule has 0 aromatic heterocycles. The average Bonchev–Trinajstić information content (AvgIpc) is 2.74. The Kier molecular flexibility index (Phi) is 5.89. The Balaban J connectivity index is 1.88. The molecule has 0 aliphatic carbocycles. The molecule has 1 N–H and O–H groups in total. The third-order valence-electron chi connectivity index (χ3n) is 4.48. The van der Waals surface area contributed by atoms with Crippen LogP contribution in [0.1, 0.15) is 15.9 Å². The summed E-state index contributed by atoms with van der Waals surface area (Å²) in [6.07, 6.45) is 0. The van der Waals surface area contributed by atoms with Gasteiger partial charge in [0.1, 0.15) is 5.75 Å². The van der Waals surface area contributed by atoms with E-state index < -0.39 is 10.0 Å². The van der Waals surface area contributed by atoms with Gasteiger partial charge in [-0.25, -0.2) is 8.42 Å². The van der Waals surface area contributed by atoms with Crippen LogP contribution in [0.2, 0.25) is 0 Å². The van der Waals surface area contributed by atoms with Gasteiger partial charge in [-0.1, -0.05) is 30.3 Å². The van der Waals surface area contributed by atoms with Crippen LogP contribution in [0.15, 0.2) is 77.7 Å². The number of sulfonamides is 1. The van der Waals surface area contributed by atoms with Gasteiger partial charge in [0, 0.05) is 12.6 Å². The van der Waals surface area contributed by atoms with Crippen LogP contribution < -0.4 is 14.4 Å². The number of carbonyl (C=O) groups excluding carboxylic acids is 1. The minimum absolute atomic E-state index is 0.182. The zero-order valence-electron chi connectivity index (χ0n) is 16.4. The minimum atomic E-state index is -3.73. The Morgan fingerprint density at radius 3 is 2.38 bits per heavy atom. The Morgan fingerprint density at radius 1 is 0.966 bits per heavy atom. The summed E-state index contributed by atoms with van der Waals surface area (Å²) in [5, 5.41) is 2.82. The highest BCUT2D eigenvalue weighted by Gasteiger charge is 2.21. The number of benzene rings is 3. The van der Waals surface area contributed by atoms with E-state index in [1.165, 1.54) is 32.4 Å². The Hall–Kier alpha value is -3.32. The van der Waals surface area contributed by atoms with Crippen molar-refractivity contribution in [2.24, 2.45) is 0 Å². The fourth-order valence-electron chi connectivity index (χ4n) is 2.85. The topological polar surface area (TPSA) is 75.7 Å². The van der Waals surface area contributed by atoms with E-state index in [0.717, 1.165) is 9.87 Å². The van der Waals surface area contributed by atoms with Gasteiger partial charge >= 0.3 is 0 Å². The molecule has 0 atom stereocenters. The van der Waals surface area contributed by atoms with Crippen LogP contribution in [0.5, 0.6) is 5.75 Å². The van der Waals surface area contributed by atoms with Gasteiger partial charge in [0.15, 0.2) is 0 Å². The molecule has 0 fully saturated rings. The minimum Gasteiger partial charge on any atom is -0.495 e. The molecule has 3 aromatic carbocycles. The van der Waals surface area contributed by atoms with Crippen molar-refractivity contribution in [3.63, 3.8) is 0 Å². The van der Waals surface area contributed by atoms with Gasteiger partial charge in [-0.15, -0.1) is 0 Å². The maximum atomic E-state index is 12.8. The zero-order valence-corrected chi connectivity index (χ0v) is 17.2. The van der Waals surface area contributed by atoms with Gasteiger partial charge in [-0.05, 0) is 55.0 Å². The van der Waals surface area contributed by atoms with Crippen LogP contribution >= 0.6 is 0 Å². The second-order valence-corrected chi connectivity index (χ2v) is 8.46. The van der Waals surface area contributed by atoms with E-state index in [-0.39, 0.29) is 10.8 Å². The number of carbonyl (C=O) groups is 1. The van der Waals surface area contributed by atoms with Crippen molar-refractivity contribution in [1.29, 1.82) is 0 Å². The average molecular weight is 410 g/mol. The summed E-state index contributed by atoms with van der Waals surface area (Å²) in [5.74, 6) is 0.185. The van der Waals surface area contributed by atoms with Crippen molar-refractivity contribution in [3.8, 4) is 5.75 Å². The molecule has 0 heterocycles. The standard InChI is InChI=1S/C22H22N2O4S/c1-16-12-13-21(28-3)20(14-16)23-22(25)17-8-7-9-18(15-17)24(2)29(26,27)19-10-5-4-6-11-19/h4-15H,1-3H3,(H,23,25). The zero-order chi connectivity index (χ0) is 21.0. The molecule has 150 valence electrons. The number of hydrogen-bond donors (Lipinski definition) is 1. The number of methoxy groups -OCH3 is 1. The van der Waals surface area contributed by atoms with Crippen LogP contribution in [-0.2, 0) is 10.0 Å². The molecular weight excluding hydrogens is 388 g/mol. The lowest BCUT2D eigenvalue weighted by Gasteiger charge is -2.20. The Bertz CT molecular complexity index is 1130. The highest BCUT2D eigenvalue weighted by atomic mass is 32.2. The van der Waals surface area contributed by atoms with Gasteiger partial charge in [0.2, 0.25) is 0 Å². The van der Waals surface area contributed by atoms with Crippen molar-refractivity contribution >= 4 is 27.3 Å². The monoisotopic (exact) mass is 410 g/mol. The number of amides is 1. The smallest absolute Gasteiger partial charge is 0.264 e. The molecule has 7 heteroatoms. The second-order valence-electron chi connectivity index (χ2n) is 6.49. The largest absolute Gasteiger partial charge is 0.495 e. The lowest BCUT2D eigenvalue weighted by molar-refractivity contribution is 0.102. The summed E-state index contributed by atoms with van der Waals surface area (Å²) in [7, 11) is -0.735. The molecule has 0 radical (unpaired) electrons. The van der Waals surface area contributed by atoms with E-state index in [4.69, 9.17) is 4.74 Å². The molecule has 6 nitrogen and oxygen atoms in total. The lowest BCUT2D eigenvalue weighted by atomic mass is 10.1. The molecule has 0 bridgehead atoms. The quantitative estimate of drug-likeness (QED) is 0.664. The van der Waals surface area contributed by atoms with Gasteiger partial charge in [-0.3, -0.25) is 9.10 Å². The number of anilines is 2. The third-order valence-corrected chi connectivity index (χ3v) is 6.28. The molecule has 29 heavy (non-hydrogen) atoms. The van der Waals surface area contributed by atoms with Crippen LogP contribution in [-0.4, -0.2) is 28.5 Å². The fourth-order valence-corrected chi connectivity index (χ4v) is 4.05. The molecule has 0 unspecified atom stereocenters. The van der Waals surface area contributed by atoms with E-state index in [1.54, 1.807) is 42.5 Å². The fraction of sp³-hybridized carbons (Fsp3) is 0.136. The number of ether oxygens (including phenoxy) is 1. The summed E-state index contributed by atoms with van der Waals surface area (Å²) in [4.78, 5) is 12.9. The molecule has 0 saturated heterocycles. The van der Waals surface area contributed by atoms with E-state index in [9.17, 15) is 13.2 Å².